The van der Waals surface area contributed by atoms with Crippen LogP contribution in [0.4, 0.5) is 0 Å². The monoisotopic (exact) mass is 954 g/mol. The Morgan fingerprint density at radius 2 is 1.09 bits per heavy atom. The fourth-order valence-electron chi connectivity index (χ4n) is 6.92. The number of esters is 2. The Labute approximate surface area is 380 Å². The number of ether oxygens (including phenoxy) is 2. The van der Waals surface area contributed by atoms with Gasteiger partial charge in [0.1, 0.15) is 43.2 Å². The highest BCUT2D eigenvalue weighted by Gasteiger charge is 2.54. The number of carbonyl (C=O) groups is 2. The van der Waals surface area contributed by atoms with Gasteiger partial charge < -0.3 is 49.7 Å². The molecule has 1 aliphatic carbocycles. The zero-order valence-electron chi connectivity index (χ0n) is 38.1. The number of unbranched alkanes of at least 4 members (excludes halogenated alkanes) is 15. The number of aliphatic hydroxyl groups excluding tert-OH is 5. The van der Waals surface area contributed by atoms with E-state index in [-0.39, 0.29) is 12.8 Å². The highest BCUT2D eigenvalue weighted by atomic mass is 31.2. The lowest BCUT2D eigenvalue weighted by atomic mass is 9.85. The van der Waals surface area contributed by atoms with Crippen LogP contribution in [0.5, 0.6) is 0 Å². The largest absolute Gasteiger partial charge is 0.472 e. The third-order valence-electron chi connectivity index (χ3n) is 10.5. The fraction of sp³-hybridized carbons (Fsp3) is 0.778. The highest BCUT2D eigenvalue weighted by Crippen LogP contribution is 2.49. The second kappa shape index (κ2) is 36.0. The van der Waals surface area contributed by atoms with Gasteiger partial charge in [0.05, 0.1) is 12.7 Å². The molecule has 0 saturated heterocycles. The van der Waals surface area contributed by atoms with Crippen molar-refractivity contribution in [1.82, 2.24) is 0 Å². The van der Waals surface area contributed by atoms with Gasteiger partial charge in [0.2, 0.25) is 0 Å². The molecule has 0 radical (unpaired) electrons. The number of allylic oxidation sites excluding steroid dienone is 7. The Kier molecular flexibility index (Phi) is 33.7. The molecule has 6 unspecified atom stereocenters. The van der Waals surface area contributed by atoms with E-state index in [1.165, 1.54) is 38.5 Å². The van der Waals surface area contributed by atoms with E-state index in [1.54, 1.807) is 6.08 Å². The lowest BCUT2D eigenvalue weighted by Gasteiger charge is -2.43. The molecule has 0 bridgehead atoms. The number of hydrogen-bond donors (Lipinski definition) is 8. The minimum absolute atomic E-state index is 0.0263. The van der Waals surface area contributed by atoms with Crippen LogP contribution in [0.1, 0.15) is 162 Å². The molecule has 9 atom stereocenters. The Balaban J connectivity index is 2.63. The molecule has 0 heterocycles. The zero-order chi connectivity index (χ0) is 47.6. The van der Waals surface area contributed by atoms with Gasteiger partial charge in [0.15, 0.2) is 6.10 Å². The summed E-state index contributed by atoms with van der Waals surface area (Å²) < 4.78 is 49.3. The topological polar surface area (TPSA) is 276 Å². The Hall–Kier alpha value is -2.08. The smallest absolute Gasteiger partial charge is 0.462 e. The standard InChI is InChI=1S/C45H80O17P2/c1-3-5-7-9-11-12-13-14-15-16-17-18-20-24-28-32-38(47)58-34-37(60-39(48)33-29-25-21-23-27-31-36(46)30-26-22-19-10-8-6-4-2)35-59-64(56,57)62-45-42(51)40(49)41(50)44(43(45)52)61-63(53,54)55/h5-8,19,22,26,30,36-37,40-46,49-52H,3-4,9-18,20-21,23-25,27-29,31-35H2,1-2H3,(H,56,57)(H2,53,54,55)/b7-5-,8-6+,22-19+,30-26+/t36?,37-,40?,41?,42?,43?,44-,45+/m1/s1. The van der Waals surface area contributed by atoms with Crippen LogP contribution >= 0.6 is 15.6 Å². The van der Waals surface area contributed by atoms with Gasteiger partial charge in [-0.15, -0.1) is 0 Å². The van der Waals surface area contributed by atoms with Crippen molar-refractivity contribution in [2.75, 3.05) is 13.2 Å². The third-order valence-corrected chi connectivity index (χ3v) is 12.0. The molecule has 17 nitrogen and oxygen atoms in total. The zero-order valence-corrected chi connectivity index (χ0v) is 39.9. The van der Waals surface area contributed by atoms with E-state index in [9.17, 15) is 49.1 Å². The molecule has 0 aromatic heterocycles. The van der Waals surface area contributed by atoms with Crippen molar-refractivity contribution < 1.29 is 82.0 Å². The van der Waals surface area contributed by atoms with E-state index in [1.807, 2.05) is 18.2 Å². The van der Waals surface area contributed by atoms with Crippen molar-refractivity contribution in [1.29, 1.82) is 0 Å². The maximum absolute atomic E-state index is 13.0. The third kappa shape index (κ3) is 30.3. The highest BCUT2D eigenvalue weighted by molar-refractivity contribution is 7.47. The van der Waals surface area contributed by atoms with Gasteiger partial charge in [-0.2, -0.15) is 0 Å². The second-order valence-electron chi connectivity index (χ2n) is 16.3. The first-order valence-electron chi connectivity index (χ1n) is 23.3. The molecule has 372 valence electrons. The molecule has 1 fully saturated rings. The summed E-state index contributed by atoms with van der Waals surface area (Å²) in [6, 6.07) is 0. The van der Waals surface area contributed by atoms with Crippen LogP contribution in [-0.4, -0.2) is 114 Å². The molecule has 0 spiro atoms. The summed E-state index contributed by atoms with van der Waals surface area (Å²) >= 11 is 0. The fourth-order valence-corrected chi connectivity index (χ4v) is 8.46. The number of phosphoric acid groups is 2. The van der Waals surface area contributed by atoms with Crippen LogP contribution in [0.25, 0.3) is 0 Å². The van der Waals surface area contributed by atoms with Gasteiger partial charge in [-0.05, 0) is 51.4 Å². The summed E-state index contributed by atoms with van der Waals surface area (Å²) in [5.74, 6) is -1.28. The molecule has 0 aliphatic heterocycles. The predicted molar refractivity (Wildman–Crippen MR) is 243 cm³/mol. The predicted octanol–water partition coefficient (Wildman–Crippen LogP) is 7.48. The maximum Gasteiger partial charge on any atom is 0.472 e. The molecule has 64 heavy (non-hydrogen) atoms. The molecule has 1 saturated carbocycles. The second-order valence-corrected chi connectivity index (χ2v) is 18.9. The molecule has 19 heteroatoms. The lowest BCUT2D eigenvalue weighted by molar-refractivity contribution is -0.216. The number of phosphoric ester groups is 2. The summed E-state index contributed by atoms with van der Waals surface area (Å²) in [7, 11) is -10.7. The first kappa shape index (κ1) is 59.9. The van der Waals surface area contributed by atoms with Crippen LogP contribution < -0.4 is 0 Å². The van der Waals surface area contributed by atoms with Crippen LogP contribution in [0.2, 0.25) is 0 Å². The summed E-state index contributed by atoms with van der Waals surface area (Å²) in [5.41, 5.74) is 0. The first-order chi connectivity index (χ1) is 30.5. The molecule has 1 rings (SSSR count). The number of carbonyl (C=O) groups excluding carboxylic acids is 2. The van der Waals surface area contributed by atoms with E-state index >= 15 is 0 Å². The van der Waals surface area contributed by atoms with Gasteiger partial charge in [-0.25, -0.2) is 9.13 Å². The van der Waals surface area contributed by atoms with Gasteiger partial charge >= 0.3 is 27.6 Å². The average Bonchev–Trinajstić information content (AvgIpc) is 3.24. The number of rotatable bonds is 38. The number of aliphatic hydroxyl groups is 5. The van der Waals surface area contributed by atoms with E-state index in [0.29, 0.717) is 25.7 Å². The van der Waals surface area contributed by atoms with Gasteiger partial charge in [0.25, 0.3) is 0 Å². The molecule has 0 aromatic carbocycles. The Morgan fingerprint density at radius 1 is 0.578 bits per heavy atom. The number of hydrogen-bond acceptors (Lipinski definition) is 14. The maximum atomic E-state index is 13.0. The van der Waals surface area contributed by atoms with Crippen molar-refractivity contribution in [3.63, 3.8) is 0 Å². The van der Waals surface area contributed by atoms with E-state index in [0.717, 1.165) is 70.6 Å². The Morgan fingerprint density at radius 3 is 1.67 bits per heavy atom. The van der Waals surface area contributed by atoms with Gasteiger partial charge in [-0.1, -0.05) is 146 Å². The van der Waals surface area contributed by atoms with E-state index in [4.69, 9.17) is 28.3 Å². The van der Waals surface area contributed by atoms with E-state index in [2.05, 4.69) is 42.7 Å². The van der Waals surface area contributed by atoms with Gasteiger partial charge in [-0.3, -0.25) is 23.2 Å². The van der Waals surface area contributed by atoms with Crippen molar-refractivity contribution >= 4 is 27.6 Å². The summed E-state index contributed by atoms with van der Waals surface area (Å²) in [6.45, 7) is 2.81. The van der Waals surface area contributed by atoms with Crippen molar-refractivity contribution in [2.45, 2.75) is 210 Å². The lowest BCUT2D eigenvalue weighted by Crippen LogP contribution is -2.64. The molecule has 8 N–H and O–H groups in total. The van der Waals surface area contributed by atoms with Crippen molar-refractivity contribution in [3.05, 3.63) is 48.6 Å². The quantitative estimate of drug-likeness (QED) is 0.00979. The molecule has 0 amide bonds. The molecule has 1 aliphatic rings. The average molecular weight is 955 g/mol. The van der Waals surface area contributed by atoms with Crippen LogP contribution in [0.3, 0.4) is 0 Å². The molecular formula is C45H80O17P2. The van der Waals surface area contributed by atoms with Crippen LogP contribution in [0.15, 0.2) is 48.6 Å². The summed E-state index contributed by atoms with van der Waals surface area (Å²) in [6.07, 6.45) is 20.9. The Bertz CT molecular complexity index is 1450. The van der Waals surface area contributed by atoms with Crippen LogP contribution in [-0.2, 0) is 41.8 Å². The SMILES string of the molecule is CC/C=C\CCCCCCCCCCCCCC(=O)OC[C@H](COP(=O)(O)O[C@H]1C(O)C(O)C(O)[C@@H](OP(=O)(O)O)C1O)OC(=O)CCCCCCCC(O)/C=C/C=C/C/C=C/CC. The molecular weight excluding hydrogens is 874 g/mol. The molecule has 0 aromatic rings. The normalized spacial score (nSPS) is 22.7. The van der Waals surface area contributed by atoms with E-state index < -0.39 is 89.6 Å². The van der Waals surface area contributed by atoms with Crippen molar-refractivity contribution in [2.24, 2.45) is 0 Å². The minimum atomic E-state index is -5.38. The van der Waals surface area contributed by atoms with Gasteiger partial charge in [0, 0.05) is 12.8 Å². The first-order valence-corrected chi connectivity index (χ1v) is 26.3. The summed E-state index contributed by atoms with van der Waals surface area (Å²) in [4.78, 5) is 54.2. The van der Waals surface area contributed by atoms with Crippen molar-refractivity contribution in [3.8, 4) is 0 Å². The minimum Gasteiger partial charge on any atom is -0.462 e. The summed E-state index contributed by atoms with van der Waals surface area (Å²) in [5, 5.41) is 51.4. The van der Waals surface area contributed by atoms with Crippen LogP contribution in [0, 0.1) is 0 Å².